The van der Waals surface area contributed by atoms with E-state index in [1.165, 1.54) is 0 Å². The second-order valence-corrected chi connectivity index (χ2v) is 7.04. The standard InChI is InChI=1S/C18H35N5O3/c1-6-19-15(24)18(4,5)13-21-16(20-7-2)22-14-9-11-23(12-10-14)17(25)26-8-3/h14H,6-13H2,1-5H3,(H,19,24)(H2,20,21,22). The van der Waals surface area contributed by atoms with E-state index in [0.29, 0.717) is 38.7 Å². The van der Waals surface area contributed by atoms with Gasteiger partial charge in [0.15, 0.2) is 5.96 Å². The van der Waals surface area contributed by atoms with Crippen molar-refractivity contribution in [3.8, 4) is 0 Å². The Balaban J connectivity index is 2.58. The van der Waals surface area contributed by atoms with E-state index in [-0.39, 0.29) is 18.0 Å². The van der Waals surface area contributed by atoms with E-state index in [2.05, 4.69) is 20.9 Å². The molecule has 0 aliphatic carbocycles. The summed E-state index contributed by atoms with van der Waals surface area (Å²) in [6.45, 7) is 13.0. The van der Waals surface area contributed by atoms with Gasteiger partial charge in [-0.1, -0.05) is 0 Å². The molecule has 0 saturated carbocycles. The van der Waals surface area contributed by atoms with Crippen molar-refractivity contribution in [3.05, 3.63) is 0 Å². The Kier molecular flexibility index (Phi) is 9.23. The predicted molar refractivity (Wildman–Crippen MR) is 103 cm³/mol. The van der Waals surface area contributed by atoms with Crippen LogP contribution in [0.3, 0.4) is 0 Å². The van der Waals surface area contributed by atoms with Crippen LogP contribution in [0.2, 0.25) is 0 Å². The third-order valence-corrected chi connectivity index (χ3v) is 4.29. The van der Waals surface area contributed by atoms with Gasteiger partial charge in [-0.05, 0) is 47.5 Å². The molecule has 1 fully saturated rings. The number of hydrogen-bond acceptors (Lipinski definition) is 4. The SMILES string of the molecule is CCNC(=O)C(C)(C)CN=C(NCC)NC1CCN(C(=O)OCC)CC1. The Labute approximate surface area is 157 Å². The van der Waals surface area contributed by atoms with Crippen LogP contribution in [0.1, 0.15) is 47.5 Å². The van der Waals surface area contributed by atoms with Gasteiger partial charge in [0.05, 0.1) is 18.6 Å². The van der Waals surface area contributed by atoms with Crippen molar-refractivity contribution in [2.24, 2.45) is 10.4 Å². The van der Waals surface area contributed by atoms with Crippen LogP contribution in [0.25, 0.3) is 0 Å². The fourth-order valence-corrected chi connectivity index (χ4v) is 2.68. The van der Waals surface area contributed by atoms with E-state index in [9.17, 15) is 9.59 Å². The first-order chi connectivity index (χ1) is 12.3. The van der Waals surface area contributed by atoms with E-state index in [4.69, 9.17) is 4.74 Å². The first kappa shape index (κ1) is 22.1. The van der Waals surface area contributed by atoms with Crippen LogP contribution in [0.4, 0.5) is 4.79 Å². The van der Waals surface area contributed by atoms with Gasteiger partial charge in [0.25, 0.3) is 0 Å². The van der Waals surface area contributed by atoms with Crippen LogP contribution in [0, 0.1) is 5.41 Å². The second kappa shape index (κ2) is 10.9. The van der Waals surface area contributed by atoms with Crippen molar-refractivity contribution in [3.63, 3.8) is 0 Å². The van der Waals surface area contributed by atoms with Gasteiger partial charge in [0, 0.05) is 32.2 Å². The van der Waals surface area contributed by atoms with Crippen LogP contribution in [0.5, 0.6) is 0 Å². The Morgan fingerprint density at radius 3 is 2.27 bits per heavy atom. The molecule has 8 nitrogen and oxygen atoms in total. The third kappa shape index (κ3) is 7.09. The largest absolute Gasteiger partial charge is 0.450 e. The normalized spacial score (nSPS) is 16.2. The van der Waals surface area contributed by atoms with Gasteiger partial charge in [0.2, 0.25) is 5.91 Å². The Morgan fingerprint density at radius 2 is 1.73 bits per heavy atom. The molecule has 0 atom stereocenters. The number of piperidine rings is 1. The lowest BCUT2D eigenvalue weighted by atomic mass is 9.92. The summed E-state index contributed by atoms with van der Waals surface area (Å²) < 4.78 is 5.05. The Bertz CT molecular complexity index is 485. The van der Waals surface area contributed by atoms with Gasteiger partial charge >= 0.3 is 6.09 Å². The number of carbonyl (C=O) groups excluding carboxylic acids is 2. The molecule has 2 amide bonds. The van der Waals surface area contributed by atoms with Crippen LogP contribution in [-0.4, -0.2) is 68.2 Å². The average Bonchev–Trinajstić information content (AvgIpc) is 2.61. The molecular formula is C18H35N5O3. The number of nitrogens with zero attached hydrogens (tertiary/aromatic N) is 2. The highest BCUT2D eigenvalue weighted by atomic mass is 16.6. The molecule has 8 heteroatoms. The Hall–Kier alpha value is -1.99. The van der Waals surface area contributed by atoms with Crippen molar-refractivity contribution >= 4 is 18.0 Å². The van der Waals surface area contributed by atoms with Gasteiger partial charge in [-0.25, -0.2) is 4.79 Å². The molecule has 1 aliphatic rings. The van der Waals surface area contributed by atoms with E-state index in [1.807, 2.05) is 34.6 Å². The minimum absolute atomic E-state index is 0.00217. The number of rotatable bonds is 7. The van der Waals surface area contributed by atoms with Gasteiger partial charge < -0.3 is 25.6 Å². The van der Waals surface area contributed by atoms with E-state index < -0.39 is 5.41 Å². The van der Waals surface area contributed by atoms with Crippen LogP contribution >= 0.6 is 0 Å². The number of hydrogen-bond donors (Lipinski definition) is 3. The topological polar surface area (TPSA) is 95.1 Å². The molecule has 0 bridgehead atoms. The maximum Gasteiger partial charge on any atom is 0.409 e. The average molecular weight is 370 g/mol. The highest BCUT2D eigenvalue weighted by Gasteiger charge is 2.28. The highest BCUT2D eigenvalue weighted by molar-refractivity contribution is 5.83. The summed E-state index contributed by atoms with van der Waals surface area (Å²) in [6.07, 6.45) is 1.43. The molecule has 0 aromatic heterocycles. The van der Waals surface area contributed by atoms with Gasteiger partial charge in [-0.3, -0.25) is 9.79 Å². The summed E-state index contributed by atoms with van der Waals surface area (Å²) in [5.41, 5.74) is -0.564. The second-order valence-electron chi connectivity index (χ2n) is 7.04. The summed E-state index contributed by atoms with van der Waals surface area (Å²) in [4.78, 5) is 30.2. The molecule has 1 heterocycles. The fraction of sp³-hybridized carbons (Fsp3) is 0.833. The monoisotopic (exact) mass is 369 g/mol. The van der Waals surface area contributed by atoms with Crippen molar-refractivity contribution < 1.29 is 14.3 Å². The number of ether oxygens (including phenoxy) is 1. The first-order valence-corrected chi connectivity index (χ1v) is 9.58. The fourth-order valence-electron chi connectivity index (χ4n) is 2.68. The van der Waals surface area contributed by atoms with Gasteiger partial charge in [-0.15, -0.1) is 0 Å². The number of amides is 2. The number of aliphatic imine (C=N–C) groups is 1. The maximum absolute atomic E-state index is 12.1. The maximum atomic E-state index is 12.1. The summed E-state index contributed by atoms with van der Waals surface area (Å²) in [5.74, 6) is 0.710. The van der Waals surface area contributed by atoms with E-state index in [1.54, 1.807) is 4.90 Å². The summed E-state index contributed by atoms with van der Waals surface area (Å²) in [5, 5.41) is 9.50. The van der Waals surface area contributed by atoms with E-state index in [0.717, 1.165) is 19.4 Å². The minimum atomic E-state index is -0.564. The molecular weight excluding hydrogens is 334 g/mol. The minimum Gasteiger partial charge on any atom is -0.450 e. The summed E-state index contributed by atoms with van der Waals surface area (Å²) in [7, 11) is 0. The molecule has 26 heavy (non-hydrogen) atoms. The number of likely N-dealkylation sites (tertiary alicyclic amines) is 1. The Morgan fingerprint density at radius 1 is 1.12 bits per heavy atom. The summed E-state index contributed by atoms with van der Waals surface area (Å²) in [6, 6.07) is 0.242. The first-order valence-electron chi connectivity index (χ1n) is 9.58. The zero-order valence-corrected chi connectivity index (χ0v) is 16.9. The van der Waals surface area contributed by atoms with Crippen molar-refractivity contribution in [2.45, 2.75) is 53.5 Å². The number of nitrogens with one attached hydrogen (secondary N) is 3. The lowest BCUT2D eigenvalue weighted by Gasteiger charge is -2.32. The molecule has 0 aromatic carbocycles. The molecule has 1 saturated heterocycles. The number of guanidine groups is 1. The van der Waals surface area contributed by atoms with Crippen molar-refractivity contribution in [1.82, 2.24) is 20.9 Å². The molecule has 1 rings (SSSR count). The molecule has 0 radical (unpaired) electrons. The van der Waals surface area contributed by atoms with Crippen LogP contribution in [0.15, 0.2) is 4.99 Å². The zero-order valence-electron chi connectivity index (χ0n) is 16.9. The van der Waals surface area contributed by atoms with Gasteiger partial charge in [-0.2, -0.15) is 0 Å². The quantitative estimate of drug-likeness (QED) is 0.465. The smallest absolute Gasteiger partial charge is 0.409 e. The van der Waals surface area contributed by atoms with Crippen molar-refractivity contribution in [2.75, 3.05) is 39.3 Å². The zero-order chi connectivity index (χ0) is 19.6. The molecule has 150 valence electrons. The number of carbonyl (C=O) groups is 2. The molecule has 3 N–H and O–H groups in total. The van der Waals surface area contributed by atoms with Crippen LogP contribution in [-0.2, 0) is 9.53 Å². The third-order valence-electron chi connectivity index (χ3n) is 4.29. The lowest BCUT2D eigenvalue weighted by Crippen LogP contribution is -2.50. The van der Waals surface area contributed by atoms with E-state index >= 15 is 0 Å². The highest BCUT2D eigenvalue weighted by Crippen LogP contribution is 2.16. The van der Waals surface area contributed by atoms with Crippen molar-refractivity contribution in [1.29, 1.82) is 0 Å². The molecule has 0 aromatic rings. The lowest BCUT2D eigenvalue weighted by molar-refractivity contribution is -0.128. The van der Waals surface area contributed by atoms with Crippen LogP contribution < -0.4 is 16.0 Å². The molecule has 0 unspecified atom stereocenters. The summed E-state index contributed by atoms with van der Waals surface area (Å²) >= 11 is 0. The predicted octanol–water partition coefficient (Wildman–Crippen LogP) is 1.32. The molecule has 1 aliphatic heterocycles. The van der Waals surface area contributed by atoms with Gasteiger partial charge in [0.1, 0.15) is 0 Å². The molecule has 0 spiro atoms.